The van der Waals surface area contributed by atoms with Gasteiger partial charge in [0, 0.05) is 12.6 Å². The molecule has 0 radical (unpaired) electrons. The van der Waals surface area contributed by atoms with Crippen LogP contribution in [0.3, 0.4) is 0 Å². The largest absolute Gasteiger partial charge is 0.480 e. The number of aliphatic carboxylic acids is 1. The lowest BCUT2D eigenvalue weighted by atomic mass is 9.85. The average Bonchev–Trinajstić information content (AvgIpc) is 2.28. The number of amides is 2. The van der Waals surface area contributed by atoms with Crippen LogP contribution in [0.25, 0.3) is 0 Å². The number of nitrogens with one attached hydrogen (secondary N) is 1. The van der Waals surface area contributed by atoms with E-state index < -0.39 is 17.4 Å². The molecule has 0 saturated carbocycles. The van der Waals surface area contributed by atoms with Crippen molar-refractivity contribution in [2.75, 3.05) is 6.54 Å². The molecule has 20 heavy (non-hydrogen) atoms. The first-order valence-corrected chi connectivity index (χ1v) is 7.34. The van der Waals surface area contributed by atoms with E-state index in [0.717, 1.165) is 6.42 Å². The van der Waals surface area contributed by atoms with E-state index in [4.69, 9.17) is 0 Å². The summed E-state index contributed by atoms with van der Waals surface area (Å²) in [5, 5.41) is 12.0. The molecule has 2 N–H and O–H groups in total. The number of likely N-dealkylation sites (tertiary alicyclic amines) is 1. The molecule has 1 aliphatic rings. The summed E-state index contributed by atoms with van der Waals surface area (Å²) >= 11 is 0. The van der Waals surface area contributed by atoms with Crippen LogP contribution in [0.15, 0.2) is 0 Å². The summed E-state index contributed by atoms with van der Waals surface area (Å²) in [6.07, 6.45) is 1.10. The standard InChI is InChI=1S/C15H28N2O3/c1-9-7-10(2)11(3)17(8-9)14(20)16-12(13(18)19)15(4,5)6/h9-12H,7-8H2,1-6H3,(H,16,20)(H,18,19). The van der Waals surface area contributed by atoms with E-state index in [2.05, 4.69) is 19.2 Å². The summed E-state index contributed by atoms with van der Waals surface area (Å²) in [4.78, 5) is 25.5. The molecule has 1 fully saturated rings. The Bertz CT molecular complexity index is 376. The number of hydrogen-bond donors (Lipinski definition) is 2. The van der Waals surface area contributed by atoms with Crippen molar-refractivity contribution in [1.29, 1.82) is 0 Å². The van der Waals surface area contributed by atoms with E-state index >= 15 is 0 Å². The average molecular weight is 284 g/mol. The molecule has 0 aliphatic carbocycles. The highest BCUT2D eigenvalue weighted by molar-refractivity contribution is 5.83. The Hall–Kier alpha value is -1.26. The van der Waals surface area contributed by atoms with Gasteiger partial charge in [-0.25, -0.2) is 9.59 Å². The molecule has 1 saturated heterocycles. The summed E-state index contributed by atoms with van der Waals surface area (Å²) < 4.78 is 0. The molecule has 0 bridgehead atoms. The number of piperidine rings is 1. The smallest absolute Gasteiger partial charge is 0.326 e. The van der Waals surface area contributed by atoms with E-state index in [1.165, 1.54) is 0 Å². The SMILES string of the molecule is CC1CC(C)C(C)N(C(=O)NC(C(=O)O)C(C)(C)C)C1. The van der Waals surface area contributed by atoms with Gasteiger partial charge in [-0.05, 0) is 30.6 Å². The van der Waals surface area contributed by atoms with Gasteiger partial charge in [0.15, 0.2) is 0 Å². The third-order valence-corrected chi connectivity index (χ3v) is 4.24. The molecule has 1 rings (SSSR count). The molecular weight excluding hydrogens is 256 g/mol. The van der Waals surface area contributed by atoms with Crippen LogP contribution in [0.5, 0.6) is 0 Å². The first kappa shape index (κ1) is 16.8. The Balaban J connectivity index is 2.81. The maximum atomic E-state index is 12.4. The van der Waals surface area contributed by atoms with E-state index in [1.54, 1.807) is 4.90 Å². The molecule has 4 atom stereocenters. The Kier molecular flexibility index (Phi) is 5.05. The van der Waals surface area contributed by atoms with Crippen LogP contribution in [-0.4, -0.2) is 40.6 Å². The lowest BCUT2D eigenvalue weighted by Crippen LogP contribution is -2.58. The molecule has 0 aromatic carbocycles. The Morgan fingerprint density at radius 2 is 1.80 bits per heavy atom. The van der Waals surface area contributed by atoms with Gasteiger partial charge in [-0.15, -0.1) is 0 Å². The fraction of sp³-hybridized carbons (Fsp3) is 0.867. The van der Waals surface area contributed by atoms with Crippen molar-refractivity contribution in [2.24, 2.45) is 17.3 Å². The zero-order valence-electron chi connectivity index (χ0n) is 13.4. The van der Waals surface area contributed by atoms with Gasteiger partial charge >= 0.3 is 12.0 Å². The van der Waals surface area contributed by atoms with E-state index in [0.29, 0.717) is 18.4 Å². The topological polar surface area (TPSA) is 69.6 Å². The van der Waals surface area contributed by atoms with Crippen LogP contribution in [0.2, 0.25) is 0 Å². The first-order valence-electron chi connectivity index (χ1n) is 7.34. The third kappa shape index (κ3) is 3.87. The molecular formula is C15H28N2O3. The number of carbonyl (C=O) groups is 2. The molecule has 116 valence electrons. The summed E-state index contributed by atoms with van der Waals surface area (Å²) in [6.45, 7) is 12.4. The third-order valence-electron chi connectivity index (χ3n) is 4.24. The maximum absolute atomic E-state index is 12.4. The highest BCUT2D eigenvalue weighted by Gasteiger charge is 2.37. The summed E-state index contributed by atoms with van der Waals surface area (Å²) in [6, 6.07) is -1.01. The van der Waals surface area contributed by atoms with Gasteiger partial charge in [-0.2, -0.15) is 0 Å². The number of carboxylic acid groups (broad SMARTS) is 1. The number of rotatable bonds is 2. The second-order valence-corrected chi connectivity index (χ2v) is 7.30. The van der Waals surface area contributed by atoms with Crippen LogP contribution < -0.4 is 5.32 Å². The van der Waals surface area contributed by atoms with Crippen molar-refractivity contribution < 1.29 is 14.7 Å². The maximum Gasteiger partial charge on any atom is 0.326 e. The molecule has 0 aromatic rings. The van der Waals surface area contributed by atoms with E-state index in [-0.39, 0.29) is 12.1 Å². The van der Waals surface area contributed by atoms with Gasteiger partial charge in [-0.3, -0.25) is 0 Å². The molecule has 1 aliphatic heterocycles. The van der Waals surface area contributed by atoms with Crippen LogP contribution in [0.4, 0.5) is 4.79 Å². The van der Waals surface area contributed by atoms with Crippen molar-refractivity contribution in [3.05, 3.63) is 0 Å². The van der Waals surface area contributed by atoms with Crippen LogP contribution in [-0.2, 0) is 4.79 Å². The number of carbonyl (C=O) groups excluding carboxylic acids is 1. The minimum absolute atomic E-state index is 0.139. The van der Waals surface area contributed by atoms with Crippen molar-refractivity contribution in [1.82, 2.24) is 10.2 Å². The minimum atomic E-state index is -0.989. The van der Waals surface area contributed by atoms with Gasteiger partial charge in [-0.1, -0.05) is 34.6 Å². The summed E-state index contributed by atoms with van der Waals surface area (Å²) in [5.41, 5.74) is -0.516. The summed E-state index contributed by atoms with van der Waals surface area (Å²) in [7, 11) is 0. The molecule has 5 heteroatoms. The Morgan fingerprint density at radius 1 is 1.25 bits per heavy atom. The van der Waals surface area contributed by atoms with Crippen LogP contribution >= 0.6 is 0 Å². The van der Waals surface area contributed by atoms with Crippen molar-refractivity contribution in [3.8, 4) is 0 Å². The van der Waals surface area contributed by atoms with Gasteiger partial charge in [0.1, 0.15) is 6.04 Å². The fourth-order valence-electron chi connectivity index (χ4n) is 2.84. The molecule has 0 aromatic heterocycles. The van der Waals surface area contributed by atoms with E-state index in [9.17, 15) is 14.7 Å². The number of hydrogen-bond acceptors (Lipinski definition) is 2. The molecule has 4 unspecified atom stereocenters. The Morgan fingerprint density at radius 3 is 2.25 bits per heavy atom. The Labute approximate surface area is 121 Å². The lowest BCUT2D eigenvalue weighted by molar-refractivity contribution is -0.142. The molecule has 5 nitrogen and oxygen atoms in total. The second kappa shape index (κ2) is 6.02. The van der Waals surface area contributed by atoms with E-state index in [1.807, 2.05) is 27.7 Å². The van der Waals surface area contributed by atoms with Crippen molar-refractivity contribution in [2.45, 2.75) is 60.0 Å². The second-order valence-electron chi connectivity index (χ2n) is 7.30. The zero-order chi connectivity index (χ0) is 15.7. The van der Waals surface area contributed by atoms with Gasteiger partial charge in [0.2, 0.25) is 0 Å². The van der Waals surface area contributed by atoms with Gasteiger partial charge in [0.05, 0.1) is 0 Å². The van der Waals surface area contributed by atoms with Gasteiger partial charge < -0.3 is 15.3 Å². The molecule has 0 spiro atoms. The highest BCUT2D eigenvalue weighted by Crippen LogP contribution is 2.27. The number of urea groups is 1. The predicted molar refractivity (Wildman–Crippen MR) is 78.5 cm³/mol. The van der Waals surface area contributed by atoms with Crippen molar-refractivity contribution >= 4 is 12.0 Å². The molecule has 2 amide bonds. The van der Waals surface area contributed by atoms with Crippen molar-refractivity contribution in [3.63, 3.8) is 0 Å². The molecule has 1 heterocycles. The number of carboxylic acids is 1. The zero-order valence-corrected chi connectivity index (χ0v) is 13.4. The quantitative estimate of drug-likeness (QED) is 0.818. The lowest BCUT2D eigenvalue weighted by Gasteiger charge is -2.42. The number of nitrogens with zero attached hydrogens (tertiary/aromatic N) is 1. The first-order chi connectivity index (χ1) is 9.04. The monoisotopic (exact) mass is 284 g/mol. The summed E-state index contributed by atoms with van der Waals surface area (Å²) in [5.74, 6) is -0.108. The minimum Gasteiger partial charge on any atom is -0.480 e. The van der Waals surface area contributed by atoms with Gasteiger partial charge in [0.25, 0.3) is 0 Å². The highest BCUT2D eigenvalue weighted by atomic mass is 16.4. The fourth-order valence-corrected chi connectivity index (χ4v) is 2.84. The van der Waals surface area contributed by atoms with Crippen LogP contribution in [0.1, 0.15) is 48.0 Å². The van der Waals surface area contributed by atoms with Crippen LogP contribution in [0, 0.1) is 17.3 Å². The predicted octanol–water partition coefficient (Wildman–Crippen LogP) is 2.56. The normalized spacial score (nSPS) is 28.9.